The SMILES string of the molecule is CC(C)C1Oc2ccccc2C(=O)C1(CCS(C)(=O)=O)CCS(C)(=O)=O. The maximum absolute atomic E-state index is 13.4. The summed E-state index contributed by atoms with van der Waals surface area (Å²) in [4.78, 5) is 13.4. The summed E-state index contributed by atoms with van der Waals surface area (Å²) in [6.45, 7) is 3.78. The molecule has 0 spiro atoms. The summed E-state index contributed by atoms with van der Waals surface area (Å²) in [5, 5.41) is 0. The minimum absolute atomic E-state index is 0.0391. The number of ketones is 1. The Labute approximate surface area is 155 Å². The van der Waals surface area contributed by atoms with Gasteiger partial charge in [0.05, 0.1) is 22.5 Å². The molecular weight excluding hydrogens is 376 g/mol. The van der Waals surface area contributed by atoms with Crippen LogP contribution in [0, 0.1) is 11.3 Å². The summed E-state index contributed by atoms with van der Waals surface area (Å²) in [5.41, 5.74) is -0.805. The third-order valence-corrected chi connectivity index (χ3v) is 6.72. The fraction of sp³-hybridized carbons (Fsp3) is 0.611. The molecule has 1 aliphatic heterocycles. The number of carbonyl (C=O) groups is 1. The normalized spacial score (nSPS) is 19.9. The number of sulfone groups is 2. The first-order valence-electron chi connectivity index (χ1n) is 8.52. The van der Waals surface area contributed by atoms with E-state index in [1.54, 1.807) is 24.3 Å². The Balaban J connectivity index is 2.57. The van der Waals surface area contributed by atoms with Crippen LogP contribution in [0.25, 0.3) is 0 Å². The van der Waals surface area contributed by atoms with Gasteiger partial charge >= 0.3 is 0 Å². The molecule has 146 valence electrons. The molecule has 1 aromatic rings. The lowest BCUT2D eigenvalue weighted by molar-refractivity contribution is 0.00113. The van der Waals surface area contributed by atoms with Crippen LogP contribution in [0.3, 0.4) is 0 Å². The lowest BCUT2D eigenvalue weighted by Gasteiger charge is -2.45. The fourth-order valence-electron chi connectivity index (χ4n) is 3.55. The van der Waals surface area contributed by atoms with Gasteiger partial charge in [-0.3, -0.25) is 4.79 Å². The molecule has 0 saturated carbocycles. The molecule has 0 saturated heterocycles. The van der Waals surface area contributed by atoms with Gasteiger partial charge in [-0.1, -0.05) is 26.0 Å². The summed E-state index contributed by atoms with van der Waals surface area (Å²) in [7, 11) is -6.65. The zero-order valence-corrected chi connectivity index (χ0v) is 17.2. The second kappa shape index (κ2) is 7.31. The van der Waals surface area contributed by atoms with Gasteiger partial charge in [0.25, 0.3) is 0 Å². The third kappa shape index (κ3) is 4.65. The first-order valence-corrected chi connectivity index (χ1v) is 12.6. The van der Waals surface area contributed by atoms with Gasteiger partial charge in [-0.25, -0.2) is 16.8 Å². The number of rotatable bonds is 7. The van der Waals surface area contributed by atoms with Crippen molar-refractivity contribution < 1.29 is 26.4 Å². The number of para-hydroxylation sites is 1. The molecule has 0 aliphatic carbocycles. The van der Waals surface area contributed by atoms with Gasteiger partial charge in [-0.15, -0.1) is 0 Å². The summed E-state index contributed by atoms with van der Waals surface area (Å²) in [6.07, 6.45) is 1.72. The molecule has 1 aromatic carbocycles. The first kappa shape index (κ1) is 20.9. The minimum Gasteiger partial charge on any atom is -0.488 e. The number of hydrogen-bond donors (Lipinski definition) is 0. The van der Waals surface area contributed by atoms with Gasteiger partial charge in [0.2, 0.25) is 0 Å². The van der Waals surface area contributed by atoms with E-state index in [4.69, 9.17) is 4.74 Å². The Hall–Kier alpha value is -1.41. The molecule has 1 unspecified atom stereocenters. The van der Waals surface area contributed by atoms with E-state index in [0.29, 0.717) is 11.3 Å². The Kier molecular flexibility index (Phi) is 5.87. The summed E-state index contributed by atoms with van der Waals surface area (Å²) >= 11 is 0. The van der Waals surface area contributed by atoms with Crippen molar-refractivity contribution in [2.24, 2.45) is 11.3 Å². The van der Waals surface area contributed by atoms with Crippen LogP contribution in [0.4, 0.5) is 0 Å². The minimum atomic E-state index is -3.32. The standard InChI is InChI=1S/C18H26O6S2/c1-13(2)17-18(9-11-25(3,20)21,10-12-26(4,22)23)16(19)14-7-5-6-8-15(14)24-17/h5-8,13,17H,9-12H2,1-4H3. The van der Waals surface area contributed by atoms with Crippen LogP contribution in [0.1, 0.15) is 37.0 Å². The van der Waals surface area contributed by atoms with Gasteiger partial charge in [-0.2, -0.15) is 0 Å². The van der Waals surface area contributed by atoms with E-state index < -0.39 is 31.2 Å². The lowest BCUT2D eigenvalue weighted by Crippen LogP contribution is -2.53. The molecule has 1 heterocycles. The van der Waals surface area contributed by atoms with Crippen molar-refractivity contribution in [3.05, 3.63) is 29.8 Å². The molecule has 0 fully saturated rings. The van der Waals surface area contributed by atoms with Crippen LogP contribution >= 0.6 is 0 Å². The number of ether oxygens (including phenoxy) is 1. The van der Waals surface area contributed by atoms with Gasteiger partial charge in [0, 0.05) is 12.5 Å². The highest BCUT2D eigenvalue weighted by molar-refractivity contribution is 7.90. The number of Topliss-reactive ketones (excluding diaryl/α,β-unsaturated/α-hetero) is 1. The van der Waals surface area contributed by atoms with Crippen molar-refractivity contribution >= 4 is 25.5 Å². The molecule has 0 N–H and O–H groups in total. The molecule has 6 nitrogen and oxygen atoms in total. The molecule has 0 radical (unpaired) electrons. The molecule has 8 heteroatoms. The maximum atomic E-state index is 13.4. The predicted molar refractivity (Wildman–Crippen MR) is 101 cm³/mol. The van der Waals surface area contributed by atoms with Crippen LogP contribution < -0.4 is 4.74 Å². The topological polar surface area (TPSA) is 94.6 Å². The summed E-state index contributed by atoms with van der Waals surface area (Å²) < 4.78 is 53.2. The van der Waals surface area contributed by atoms with Crippen LogP contribution in [-0.2, 0) is 19.7 Å². The quantitative estimate of drug-likeness (QED) is 0.693. The van der Waals surface area contributed by atoms with Crippen LogP contribution in [0.15, 0.2) is 24.3 Å². The Morgan fingerprint density at radius 2 is 1.50 bits per heavy atom. The van der Waals surface area contributed by atoms with Gasteiger partial charge in [0.15, 0.2) is 5.78 Å². The number of carbonyl (C=O) groups excluding carboxylic acids is 1. The van der Waals surface area contributed by atoms with Gasteiger partial charge in [-0.05, 0) is 30.9 Å². The van der Waals surface area contributed by atoms with E-state index in [1.807, 2.05) is 13.8 Å². The van der Waals surface area contributed by atoms with E-state index >= 15 is 0 Å². The van der Waals surface area contributed by atoms with E-state index in [0.717, 1.165) is 12.5 Å². The lowest BCUT2D eigenvalue weighted by atomic mass is 9.66. The summed E-state index contributed by atoms with van der Waals surface area (Å²) in [6, 6.07) is 6.83. The highest BCUT2D eigenvalue weighted by Gasteiger charge is 2.52. The van der Waals surface area contributed by atoms with Crippen molar-refractivity contribution in [2.45, 2.75) is 32.8 Å². The molecule has 0 bridgehead atoms. The average Bonchev–Trinajstić information content (AvgIpc) is 2.51. The predicted octanol–water partition coefficient (Wildman–Crippen LogP) is 2.14. The van der Waals surface area contributed by atoms with E-state index in [-0.39, 0.29) is 36.0 Å². The van der Waals surface area contributed by atoms with Crippen molar-refractivity contribution in [3.8, 4) is 5.75 Å². The van der Waals surface area contributed by atoms with E-state index in [2.05, 4.69) is 0 Å². The Bertz CT molecular complexity index is 848. The Morgan fingerprint density at radius 3 is 1.96 bits per heavy atom. The molecule has 1 aliphatic rings. The molecule has 26 heavy (non-hydrogen) atoms. The van der Waals surface area contributed by atoms with E-state index in [1.165, 1.54) is 0 Å². The van der Waals surface area contributed by atoms with Crippen molar-refractivity contribution in [3.63, 3.8) is 0 Å². The van der Waals surface area contributed by atoms with Crippen LogP contribution in [0.2, 0.25) is 0 Å². The van der Waals surface area contributed by atoms with Gasteiger partial charge < -0.3 is 4.74 Å². The van der Waals surface area contributed by atoms with Crippen molar-refractivity contribution in [2.75, 3.05) is 24.0 Å². The molecule has 0 amide bonds. The first-order chi connectivity index (χ1) is 11.9. The zero-order chi connectivity index (χ0) is 19.8. The molecule has 2 rings (SSSR count). The molecular formula is C18H26O6S2. The second-order valence-electron chi connectivity index (χ2n) is 7.52. The highest BCUT2D eigenvalue weighted by Crippen LogP contribution is 2.46. The average molecular weight is 403 g/mol. The fourth-order valence-corrected chi connectivity index (χ4v) is 5.02. The van der Waals surface area contributed by atoms with Crippen molar-refractivity contribution in [1.82, 2.24) is 0 Å². The van der Waals surface area contributed by atoms with Crippen LogP contribution in [0.5, 0.6) is 5.75 Å². The van der Waals surface area contributed by atoms with Crippen LogP contribution in [-0.4, -0.2) is 52.7 Å². The zero-order valence-electron chi connectivity index (χ0n) is 15.6. The van der Waals surface area contributed by atoms with Gasteiger partial charge in [0.1, 0.15) is 31.5 Å². The second-order valence-corrected chi connectivity index (χ2v) is 12.0. The highest BCUT2D eigenvalue weighted by atomic mass is 32.2. The molecule has 0 aromatic heterocycles. The monoisotopic (exact) mass is 402 g/mol. The summed E-state index contributed by atoms with van der Waals surface area (Å²) in [5.74, 6) is -0.253. The largest absolute Gasteiger partial charge is 0.488 e. The van der Waals surface area contributed by atoms with E-state index in [9.17, 15) is 21.6 Å². The number of benzene rings is 1. The van der Waals surface area contributed by atoms with Crippen molar-refractivity contribution in [1.29, 1.82) is 0 Å². The number of hydrogen-bond acceptors (Lipinski definition) is 6. The third-order valence-electron chi connectivity index (χ3n) is 4.83. The Morgan fingerprint density at radius 1 is 1.00 bits per heavy atom. The molecule has 1 atom stereocenters. The maximum Gasteiger partial charge on any atom is 0.176 e. The smallest absolute Gasteiger partial charge is 0.176 e. The number of fused-ring (bicyclic) bond motifs is 1.